The molecule has 0 fully saturated rings. The van der Waals surface area contributed by atoms with Crippen LogP contribution < -0.4 is 5.32 Å². The topological polar surface area (TPSA) is 92.8 Å². The van der Waals surface area contributed by atoms with Gasteiger partial charge in [0.15, 0.2) is 6.10 Å². The third kappa shape index (κ3) is 4.27. The maximum atomic E-state index is 13.6. The molecule has 1 atom stereocenters. The third-order valence-electron chi connectivity index (χ3n) is 4.16. The fourth-order valence-electron chi connectivity index (χ4n) is 2.67. The highest BCUT2D eigenvalue weighted by Crippen LogP contribution is 2.31. The van der Waals surface area contributed by atoms with Crippen molar-refractivity contribution in [1.29, 1.82) is 0 Å². The molecule has 1 unspecified atom stereocenters. The van der Waals surface area contributed by atoms with E-state index in [1.54, 1.807) is 0 Å². The van der Waals surface area contributed by atoms with Crippen LogP contribution in [0.5, 0.6) is 0 Å². The number of halogens is 4. The van der Waals surface area contributed by atoms with Gasteiger partial charge < -0.3 is 10.1 Å². The van der Waals surface area contributed by atoms with E-state index in [4.69, 9.17) is 27.9 Å². The average molecular weight is 457 g/mol. The van der Waals surface area contributed by atoms with Crippen LogP contribution in [0.4, 0.5) is 14.5 Å². The second-order valence-electron chi connectivity index (χ2n) is 6.25. The number of anilines is 1. The van der Waals surface area contributed by atoms with Gasteiger partial charge in [-0.3, -0.25) is 24.1 Å². The molecule has 0 bridgehead atoms. The van der Waals surface area contributed by atoms with Gasteiger partial charge in [-0.05, 0) is 31.2 Å². The molecular weight excluding hydrogens is 445 g/mol. The Morgan fingerprint density at radius 1 is 1.07 bits per heavy atom. The Morgan fingerprint density at radius 3 is 2.20 bits per heavy atom. The number of imide groups is 1. The molecule has 1 aliphatic heterocycles. The van der Waals surface area contributed by atoms with E-state index in [0.717, 1.165) is 18.2 Å². The molecule has 0 saturated carbocycles. The number of nitrogens with zero attached hydrogens (tertiary/aromatic N) is 1. The first-order chi connectivity index (χ1) is 14.1. The third-order valence-corrected chi connectivity index (χ3v) is 4.88. The molecule has 1 N–H and O–H groups in total. The van der Waals surface area contributed by atoms with Crippen LogP contribution in [0.3, 0.4) is 0 Å². The van der Waals surface area contributed by atoms with Crippen LogP contribution >= 0.6 is 23.2 Å². The number of rotatable bonds is 5. The molecule has 3 rings (SSSR count). The summed E-state index contributed by atoms with van der Waals surface area (Å²) in [6.07, 6.45) is -1.42. The van der Waals surface area contributed by atoms with Crippen LogP contribution in [0, 0.1) is 11.6 Å². The lowest BCUT2D eigenvalue weighted by molar-refractivity contribution is -0.153. The number of hydrogen-bond acceptors (Lipinski definition) is 5. The second-order valence-corrected chi connectivity index (χ2v) is 7.07. The molecule has 156 valence electrons. The van der Waals surface area contributed by atoms with Crippen LogP contribution in [0.15, 0.2) is 30.3 Å². The summed E-state index contributed by atoms with van der Waals surface area (Å²) in [6.45, 7) is 0.417. The Morgan fingerprint density at radius 2 is 1.63 bits per heavy atom. The number of ether oxygens (including phenoxy) is 1. The molecule has 30 heavy (non-hydrogen) atoms. The lowest BCUT2D eigenvalue weighted by atomic mass is 10.1. The summed E-state index contributed by atoms with van der Waals surface area (Å²) in [5.41, 5.74) is -0.471. The predicted octanol–water partition coefficient (Wildman–Crippen LogP) is 3.44. The molecular formula is C19H12Cl2F2N2O5. The molecule has 11 heteroatoms. The van der Waals surface area contributed by atoms with Crippen molar-refractivity contribution in [2.45, 2.75) is 13.0 Å². The zero-order chi connectivity index (χ0) is 22.2. The molecule has 0 aliphatic carbocycles. The van der Waals surface area contributed by atoms with Crippen LogP contribution in [0.1, 0.15) is 27.6 Å². The molecule has 2 aromatic carbocycles. The molecule has 0 spiro atoms. The van der Waals surface area contributed by atoms with E-state index in [1.807, 2.05) is 0 Å². The average Bonchev–Trinajstić information content (AvgIpc) is 2.89. The molecule has 0 saturated heterocycles. The van der Waals surface area contributed by atoms with Crippen molar-refractivity contribution in [3.8, 4) is 0 Å². The predicted molar refractivity (Wildman–Crippen MR) is 102 cm³/mol. The number of fused-ring (bicyclic) bond motifs is 1. The summed E-state index contributed by atoms with van der Waals surface area (Å²) in [5, 5.41) is 2.22. The zero-order valence-corrected chi connectivity index (χ0v) is 16.7. The first-order valence-electron chi connectivity index (χ1n) is 8.39. The first-order valence-corrected chi connectivity index (χ1v) is 9.14. The van der Waals surface area contributed by atoms with Gasteiger partial charge in [0.25, 0.3) is 17.7 Å². The highest BCUT2D eigenvalue weighted by Gasteiger charge is 2.38. The summed E-state index contributed by atoms with van der Waals surface area (Å²) in [5.74, 6) is -5.21. The monoisotopic (exact) mass is 456 g/mol. The van der Waals surface area contributed by atoms with Gasteiger partial charge >= 0.3 is 5.97 Å². The number of benzene rings is 2. The summed E-state index contributed by atoms with van der Waals surface area (Å²) in [7, 11) is 0. The molecule has 0 aromatic heterocycles. The minimum atomic E-state index is -1.42. The molecule has 1 heterocycles. The van der Waals surface area contributed by atoms with Gasteiger partial charge in [0.05, 0.1) is 26.9 Å². The number of carbonyl (C=O) groups is 4. The van der Waals surface area contributed by atoms with Gasteiger partial charge in [-0.15, -0.1) is 0 Å². The molecule has 2 aromatic rings. The summed E-state index contributed by atoms with van der Waals surface area (Å²) >= 11 is 11.7. The Hall–Kier alpha value is -3.04. The minimum absolute atomic E-state index is 0.0189. The number of esters is 1. The summed E-state index contributed by atoms with van der Waals surface area (Å²) < 4.78 is 31.7. The van der Waals surface area contributed by atoms with E-state index >= 15 is 0 Å². The van der Waals surface area contributed by atoms with E-state index < -0.39 is 53.7 Å². The normalized spacial score (nSPS) is 13.8. The van der Waals surface area contributed by atoms with Gasteiger partial charge in [0.1, 0.15) is 18.2 Å². The fraction of sp³-hybridized carbons (Fsp3) is 0.158. The SMILES string of the molecule is CC(OC(=O)CN1C(=O)c2cc(Cl)c(Cl)cc2C1=O)C(=O)Nc1cc(F)ccc1F. The quantitative estimate of drug-likeness (QED) is 0.549. The maximum Gasteiger partial charge on any atom is 0.326 e. The van der Waals surface area contributed by atoms with Gasteiger partial charge in [-0.1, -0.05) is 23.2 Å². The van der Waals surface area contributed by atoms with Crippen molar-refractivity contribution in [1.82, 2.24) is 4.90 Å². The van der Waals surface area contributed by atoms with Crippen molar-refractivity contribution >= 4 is 52.6 Å². The van der Waals surface area contributed by atoms with Gasteiger partial charge in [-0.25, -0.2) is 8.78 Å². The standard InChI is InChI=1S/C19H12Cl2F2N2O5/c1-8(17(27)24-15-4-9(22)2-3-14(15)23)30-16(26)7-25-18(28)10-5-12(20)13(21)6-11(10)19(25)29/h2-6,8H,7H2,1H3,(H,24,27). The minimum Gasteiger partial charge on any atom is -0.451 e. The van der Waals surface area contributed by atoms with E-state index in [1.165, 1.54) is 19.1 Å². The lowest BCUT2D eigenvalue weighted by Gasteiger charge is -2.17. The Bertz CT molecular complexity index is 1050. The smallest absolute Gasteiger partial charge is 0.326 e. The Kier molecular flexibility index (Phi) is 6.04. The van der Waals surface area contributed by atoms with Crippen LogP contribution in [-0.4, -0.2) is 41.2 Å². The van der Waals surface area contributed by atoms with Gasteiger partial charge in [0.2, 0.25) is 0 Å². The number of carbonyl (C=O) groups excluding carboxylic acids is 4. The largest absolute Gasteiger partial charge is 0.451 e. The zero-order valence-electron chi connectivity index (χ0n) is 15.2. The van der Waals surface area contributed by atoms with Crippen LogP contribution in [0.25, 0.3) is 0 Å². The second kappa shape index (κ2) is 8.37. The van der Waals surface area contributed by atoms with Crippen molar-refractivity contribution in [3.05, 3.63) is 63.1 Å². The Balaban J connectivity index is 1.64. The first kappa shape index (κ1) is 21.7. The summed E-state index contributed by atoms with van der Waals surface area (Å²) in [4.78, 5) is 49.6. The molecule has 7 nitrogen and oxygen atoms in total. The number of amides is 3. The molecule has 3 amide bonds. The van der Waals surface area contributed by atoms with Crippen molar-refractivity contribution in [2.24, 2.45) is 0 Å². The van der Waals surface area contributed by atoms with E-state index in [2.05, 4.69) is 5.32 Å². The lowest BCUT2D eigenvalue weighted by Crippen LogP contribution is -2.38. The van der Waals surface area contributed by atoms with Crippen molar-refractivity contribution in [3.63, 3.8) is 0 Å². The Labute approximate surface area is 178 Å². The summed E-state index contributed by atoms with van der Waals surface area (Å²) in [6, 6.07) is 4.89. The van der Waals surface area contributed by atoms with Gasteiger partial charge in [-0.2, -0.15) is 0 Å². The fourth-order valence-corrected chi connectivity index (χ4v) is 3.00. The number of hydrogen-bond donors (Lipinski definition) is 1. The van der Waals surface area contributed by atoms with Crippen LogP contribution in [0.2, 0.25) is 10.0 Å². The van der Waals surface area contributed by atoms with E-state index in [-0.39, 0.29) is 21.2 Å². The van der Waals surface area contributed by atoms with Crippen LogP contribution in [-0.2, 0) is 14.3 Å². The highest BCUT2D eigenvalue weighted by molar-refractivity contribution is 6.43. The van der Waals surface area contributed by atoms with Crippen molar-refractivity contribution < 1.29 is 32.7 Å². The highest BCUT2D eigenvalue weighted by atomic mass is 35.5. The van der Waals surface area contributed by atoms with Gasteiger partial charge in [0, 0.05) is 6.07 Å². The van der Waals surface area contributed by atoms with E-state index in [0.29, 0.717) is 4.90 Å². The number of nitrogens with one attached hydrogen (secondary N) is 1. The molecule has 0 radical (unpaired) electrons. The van der Waals surface area contributed by atoms with E-state index in [9.17, 15) is 28.0 Å². The maximum absolute atomic E-state index is 13.6. The molecule has 1 aliphatic rings. The van der Waals surface area contributed by atoms with Crippen molar-refractivity contribution in [2.75, 3.05) is 11.9 Å².